The minimum absolute atomic E-state index is 0.0450. The van der Waals surface area contributed by atoms with Crippen LogP contribution in [-0.4, -0.2) is 32.9 Å². The van der Waals surface area contributed by atoms with Gasteiger partial charge in [0, 0.05) is 12.7 Å². The van der Waals surface area contributed by atoms with Crippen LogP contribution in [0.1, 0.15) is 34.8 Å². The Balaban J connectivity index is 2.13. The van der Waals surface area contributed by atoms with E-state index in [2.05, 4.69) is 15.6 Å². The molecule has 31 heavy (non-hydrogen) atoms. The van der Waals surface area contributed by atoms with E-state index in [1.54, 1.807) is 6.92 Å². The smallest absolute Gasteiger partial charge is 0.377 e. The van der Waals surface area contributed by atoms with Gasteiger partial charge in [-0.05, 0) is 31.2 Å². The number of halogens is 5. The molecule has 0 saturated carbocycles. The van der Waals surface area contributed by atoms with E-state index in [1.165, 1.54) is 36.5 Å². The zero-order valence-corrected chi connectivity index (χ0v) is 17.3. The van der Waals surface area contributed by atoms with Crippen LogP contribution in [0.5, 0.6) is 0 Å². The first kappa shape index (κ1) is 22.9. The molecule has 164 valence electrons. The molecule has 1 unspecified atom stereocenters. The van der Waals surface area contributed by atoms with E-state index in [0.29, 0.717) is 0 Å². The maximum atomic E-state index is 13.6. The highest BCUT2D eigenvalue weighted by Crippen LogP contribution is 2.36. The summed E-state index contributed by atoms with van der Waals surface area (Å²) in [5, 5.41) is 15.1. The molecular weight excluding hydrogens is 460 g/mol. The van der Waals surface area contributed by atoms with Crippen molar-refractivity contribution in [2.24, 2.45) is 0 Å². The number of likely N-dealkylation sites (N-methyl/N-ethyl adjacent to an activating group) is 1. The number of amides is 2. The Hall–Kier alpha value is -2.82. The molecule has 0 radical (unpaired) electrons. The van der Waals surface area contributed by atoms with Crippen LogP contribution in [0.3, 0.4) is 0 Å². The number of hydrogen-bond acceptors (Lipinski definition) is 4. The van der Waals surface area contributed by atoms with E-state index in [4.69, 9.17) is 23.2 Å². The summed E-state index contributed by atoms with van der Waals surface area (Å²) in [5.74, 6) is -1.79. The second-order valence-corrected chi connectivity index (χ2v) is 7.12. The lowest BCUT2D eigenvalue weighted by molar-refractivity contribution is -0.143. The van der Waals surface area contributed by atoms with Gasteiger partial charge in [0.25, 0.3) is 11.8 Å². The van der Waals surface area contributed by atoms with E-state index >= 15 is 0 Å². The molecule has 0 bridgehead atoms. The lowest BCUT2D eigenvalue weighted by atomic mass is 10.2. The molecule has 0 fully saturated rings. The van der Waals surface area contributed by atoms with E-state index in [0.717, 1.165) is 4.40 Å². The fourth-order valence-corrected chi connectivity index (χ4v) is 3.52. The summed E-state index contributed by atoms with van der Waals surface area (Å²) >= 11 is 12.0. The minimum atomic E-state index is -4.97. The van der Waals surface area contributed by atoms with Crippen molar-refractivity contribution in [1.29, 1.82) is 0 Å². The molecule has 12 heteroatoms. The quantitative estimate of drug-likeness (QED) is 0.519. The molecule has 0 spiro atoms. The van der Waals surface area contributed by atoms with Crippen LogP contribution in [0, 0.1) is 0 Å². The summed E-state index contributed by atoms with van der Waals surface area (Å²) in [6.07, 6.45) is -5.93. The Morgan fingerprint density at radius 3 is 2.42 bits per heavy atom. The van der Waals surface area contributed by atoms with Gasteiger partial charge in [-0.2, -0.15) is 13.2 Å². The second kappa shape index (κ2) is 8.74. The summed E-state index contributed by atoms with van der Waals surface area (Å²) in [7, 11) is 0. The molecule has 1 aromatic carbocycles. The molecule has 3 aromatic rings. The van der Waals surface area contributed by atoms with Crippen molar-refractivity contribution in [3.05, 3.63) is 63.5 Å². The number of nitrogens with zero attached hydrogens (tertiary/aromatic N) is 2. The maximum absolute atomic E-state index is 13.6. The van der Waals surface area contributed by atoms with E-state index in [9.17, 15) is 27.9 Å². The number of alkyl halides is 3. The predicted molar refractivity (Wildman–Crippen MR) is 108 cm³/mol. The van der Waals surface area contributed by atoms with E-state index in [-0.39, 0.29) is 33.5 Å². The molecule has 3 N–H and O–H groups in total. The molecular formula is C19H15Cl2F3N4O3. The first-order chi connectivity index (χ1) is 14.6. The highest BCUT2D eigenvalue weighted by Gasteiger charge is 2.41. The molecule has 2 heterocycles. The fourth-order valence-electron chi connectivity index (χ4n) is 2.95. The van der Waals surface area contributed by atoms with Gasteiger partial charge in [0.15, 0.2) is 17.4 Å². The van der Waals surface area contributed by atoms with Crippen LogP contribution >= 0.6 is 23.2 Å². The molecule has 2 aromatic heterocycles. The van der Waals surface area contributed by atoms with Crippen LogP contribution in [0.15, 0.2) is 36.5 Å². The van der Waals surface area contributed by atoms with Crippen LogP contribution in [-0.2, 0) is 11.0 Å². The van der Waals surface area contributed by atoms with Crippen LogP contribution in [0.4, 0.5) is 18.9 Å². The number of hydrogen-bond donors (Lipinski definition) is 3. The number of aliphatic hydroxyl groups is 1. The van der Waals surface area contributed by atoms with Gasteiger partial charge < -0.3 is 15.7 Å². The molecule has 7 nitrogen and oxygen atoms in total. The first-order valence-electron chi connectivity index (χ1n) is 8.85. The van der Waals surface area contributed by atoms with Crippen molar-refractivity contribution >= 4 is 46.4 Å². The fraction of sp³-hybridized carbons (Fsp3) is 0.211. The second-order valence-electron chi connectivity index (χ2n) is 6.31. The topological polar surface area (TPSA) is 95.7 Å². The standard InChI is InChI=1S/C19H15Cl2F3N4O3/c1-2-25-18(31)14(29)13-15(19(22,23)24)27-16-11(7-4-8-28(13)16)26-17(30)12-9(20)5-3-6-10(12)21/h3-8,14,29H,2H2,1H3,(H,25,31)(H,26,30). The van der Waals surface area contributed by atoms with E-state index in [1.807, 2.05) is 0 Å². The van der Waals surface area contributed by atoms with Crippen LogP contribution in [0.25, 0.3) is 5.65 Å². The van der Waals surface area contributed by atoms with Gasteiger partial charge >= 0.3 is 6.18 Å². The Labute approximate surface area is 183 Å². The monoisotopic (exact) mass is 474 g/mol. The Kier molecular flexibility index (Phi) is 6.44. The lowest BCUT2D eigenvalue weighted by Gasteiger charge is -2.14. The van der Waals surface area contributed by atoms with Gasteiger partial charge in [0.2, 0.25) is 0 Å². The van der Waals surface area contributed by atoms with Crippen molar-refractivity contribution in [2.75, 3.05) is 11.9 Å². The summed E-state index contributed by atoms with van der Waals surface area (Å²) in [4.78, 5) is 28.2. The number of aromatic nitrogens is 2. The number of rotatable bonds is 5. The van der Waals surface area contributed by atoms with Crippen LogP contribution < -0.4 is 10.6 Å². The number of fused-ring (bicyclic) bond motifs is 1. The highest BCUT2D eigenvalue weighted by molar-refractivity contribution is 6.40. The van der Waals surface area contributed by atoms with Gasteiger partial charge in [0.1, 0.15) is 0 Å². The largest absolute Gasteiger partial charge is 0.435 e. The first-order valence-corrected chi connectivity index (χ1v) is 9.61. The SMILES string of the molecule is CCNC(=O)C(O)c1c(C(F)(F)F)nc2c(NC(=O)c3c(Cl)cccc3Cl)cccn12. The van der Waals surface area contributed by atoms with Crippen molar-refractivity contribution < 1.29 is 27.9 Å². The number of pyridine rings is 1. The van der Waals surface area contributed by atoms with Crippen molar-refractivity contribution in [3.8, 4) is 0 Å². The van der Waals surface area contributed by atoms with Crippen molar-refractivity contribution in [1.82, 2.24) is 14.7 Å². The number of carbonyl (C=O) groups excluding carboxylic acids is 2. The molecule has 3 rings (SSSR count). The molecule has 0 saturated heterocycles. The summed E-state index contributed by atoms with van der Waals surface area (Å²) in [6.45, 7) is 1.66. The third-order valence-corrected chi connectivity index (χ3v) is 4.88. The third-order valence-electron chi connectivity index (χ3n) is 4.25. The van der Waals surface area contributed by atoms with E-state index < -0.39 is 35.5 Å². The summed E-state index contributed by atoms with van der Waals surface area (Å²) in [5.41, 5.74) is -2.74. The molecule has 0 aliphatic carbocycles. The normalized spacial score (nSPS) is 12.6. The summed E-state index contributed by atoms with van der Waals surface area (Å²) < 4.78 is 41.8. The van der Waals surface area contributed by atoms with Gasteiger partial charge in [-0.15, -0.1) is 0 Å². The maximum Gasteiger partial charge on any atom is 0.435 e. The van der Waals surface area contributed by atoms with Gasteiger partial charge in [-0.3, -0.25) is 14.0 Å². The third kappa shape index (κ3) is 4.46. The van der Waals surface area contributed by atoms with Crippen molar-refractivity contribution in [3.63, 3.8) is 0 Å². The van der Waals surface area contributed by atoms with Gasteiger partial charge in [-0.1, -0.05) is 29.3 Å². The Morgan fingerprint density at radius 2 is 1.84 bits per heavy atom. The minimum Gasteiger partial charge on any atom is -0.377 e. The number of carbonyl (C=O) groups is 2. The van der Waals surface area contributed by atoms with Crippen molar-refractivity contribution in [2.45, 2.75) is 19.2 Å². The molecule has 0 aliphatic heterocycles. The summed E-state index contributed by atoms with van der Waals surface area (Å²) in [6, 6.07) is 7.03. The highest BCUT2D eigenvalue weighted by atomic mass is 35.5. The Morgan fingerprint density at radius 1 is 1.19 bits per heavy atom. The lowest BCUT2D eigenvalue weighted by Crippen LogP contribution is -2.30. The predicted octanol–water partition coefficient (Wildman–Crippen LogP) is 4.08. The average Bonchev–Trinajstić information content (AvgIpc) is 3.08. The number of aliphatic hydroxyl groups excluding tert-OH is 1. The number of benzene rings is 1. The average molecular weight is 475 g/mol. The van der Waals surface area contributed by atoms with Crippen LogP contribution in [0.2, 0.25) is 10.0 Å². The Bertz CT molecular complexity index is 1140. The zero-order chi connectivity index (χ0) is 22.9. The number of anilines is 1. The van der Waals surface area contributed by atoms with Gasteiger partial charge in [-0.25, -0.2) is 4.98 Å². The number of imidazole rings is 1. The molecule has 0 aliphatic rings. The van der Waals surface area contributed by atoms with Gasteiger partial charge in [0.05, 0.1) is 27.0 Å². The molecule has 2 amide bonds. The number of nitrogens with one attached hydrogen (secondary N) is 2. The zero-order valence-electron chi connectivity index (χ0n) is 15.8. The molecule has 1 atom stereocenters.